The lowest BCUT2D eigenvalue weighted by molar-refractivity contribution is -0.138. The van der Waals surface area contributed by atoms with Crippen LogP contribution in [-0.2, 0) is 11.3 Å². The molecule has 0 saturated carbocycles. The van der Waals surface area contributed by atoms with Crippen LogP contribution in [0.25, 0.3) is 0 Å². The van der Waals surface area contributed by atoms with Crippen molar-refractivity contribution in [1.29, 1.82) is 0 Å². The van der Waals surface area contributed by atoms with Crippen molar-refractivity contribution in [3.63, 3.8) is 0 Å². The topological polar surface area (TPSA) is 40.5 Å². The van der Waals surface area contributed by atoms with Gasteiger partial charge < -0.3 is 5.11 Å². The average molecular weight is 314 g/mol. The van der Waals surface area contributed by atoms with Gasteiger partial charge in [-0.1, -0.05) is 41.9 Å². The van der Waals surface area contributed by atoms with Crippen LogP contribution in [0.15, 0.2) is 22.7 Å². The highest BCUT2D eigenvalue weighted by atomic mass is 79.9. The van der Waals surface area contributed by atoms with Gasteiger partial charge in [-0.2, -0.15) is 0 Å². The van der Waals surface area contributed by atoms with Gasteiger partial charge in [-0.15, -0.1) is 0 Å². The maximum Gasteiger partial charge on any atom is 0.317 e. The van der Waals surface area contributed by atoms with Gasteiger partial charge in [0.15, 0.2) is 0 Å². The summed E-state index contributed by atoms with van der Waals surface area (Å²) in [5, 5.41) is 8.92. The molecule has 3 nitrogen and oxygen atoms in total. The van der Waals surface area contributed by atoms with Crippen LogP contribution in [0.4, 0.5) is 0 Å². The smallest absolute Gasteiger partial charge is 0.317 e. The molecule has 0 heterocycles. The maximum absolute atomic E-state index is 10.9. The monoisotopic (exact) mass is 313 g/mol. The third-order valence-corrected chi connectivity index (χ3v) is 3.48. The van der Waals surface area contributed by atoms with Crippen molar-refractivity contribution >= 4 is 21.9 Å². The quantitative estimate of drug-likeness (QED) is 0.876. The molecule has 18 heavy (non-hydrogen) atoms. The van der Waals surface area contributed by atoms with E-state index in [4.69, 9.17) is 5.11 Å². The van der Waals surface area contributed by atoms with E-state index < -0.39 is 5.97 Å². The summed E-state index contributed by atoms with van der Waals surface area (Å²) in [6.45, 7) is 7.78. The molecule has 4 heteroatoms. The van der Waals surface area contributed by atoms with Crippen LogP contribution in [0.3, 0.4) is 0 Å². The number of carboxylic acids is 1. The Hall–Kier alpha value is -0.870. The first-order chi connectivity index (χ1) is 8.38. The summed E-state index contributed by atoms with van der Waals surface area (Å²) >= 11 is 3.50. The van der Waals surface area contributed by atoms with Crippen LogP contribution in [0.2, 0.25) is 0 Å². The summed E-state index contributed by atoms with van der Waals surface area (Å²) in [5.74, 6) is -0.319. The molecule has 0 aliphatic rings. The fourth-order valence-corrected chi connectivity index (χ4v) is 2.31. The normalized spacial score (nSPS) is 11.2. The Bertz CT molecular complexity index is 418. The van der Waals surface area contributed by atoms with Crippen LogP contribution >= 0.6 is 15.9 Å². The Balaban J connectivity index is 2.74. The lowest BCUT2D eigenvalue weighted by atomic mass is 10.1. The van der Waals surface area contributed by atoms with Crippen molar-refractivity contribution in [2.75, 3.05) is 13.1 Å². The number of carbonyl (C=O) groups is 1. The molecule has 1 N–H and O–H groups in total. The van der Waals surface area contributed by atoms with Crippen molar-refractivity contribution in [2.45, 2.75) is 27.3 Å². The highest BCUT2D eigenvalue weighted by molar-refractivity contribution is 9.10. The van der Waals surface area contributed by atoms with E-state index in [0.717, 1.165) is 16.6 Å². The minimum atomic E-state index is -0.776. The molecule has 0 saturated heterocycles. The molecule has 0 unspecified atom stereocenters. The largest absolute Gasteiger partial charge is 0.480 e. The first kappa shape index (κ1) is 15.2. The number of halogens is 1. The van der Waals surface area contributed by atoms with Crippen molar-refractivity contribution < 1.29 is 9.90 Å². The van der Waals surface area contributed by atoms with Gasteiger partial charge in [0, 0.05) is 17.6 Å². The SMILES string of the molecule is Cc1ccc(CN(CC(=O)O)CC(C)C)cc1Br. The van der Waals surface area contributed by atoms with Gasteiger partial charge >= 0.3 is 5.97 Å². The molecule has 1 aromatic rings. The second-order valence-corrected chi connectivity index (χ2v) is 5.90. The lowest BCUT2D eigenvalue weighted by Crippen LogP contribution is -2.32. The van der Waals surface area contributed by atoms with Gasteiger partial charge in [0.1, 0.15) is 0 Å². The second-order valence-electron chi connectivity index (χ2n) is 5.04. The second kappa shape index (κ2) is 6.90. The van der Waals surface area contributed by atoms with E-state index in [2.05, 4.69) is 41.9 Å². The molecule has 0 bridgehead atoms. The van der Waals surface area contributed by atoms with Crippen molar-refractivity contribution in [2.24, 2.45) is 5.92 Å². The summed E-state index contributed by atoms with van der Waals surface area (Å²) < 4.78 is 1.07. The fraction of sp³-hybridized carbons (Fsp3) is 0.500. The lowest BCUT2D eigenvalue weighted by Gasteiger charge is -2.22. The van der Waals surface area contributed by atoms with E-state index in [1.807, 2.05) is 17.9 Å². The standard InChI is InChI=1S/C14H20BrNO2/c1-10(2)7-16(9-14(17)18)8-12-5-4-11(3)13(15)6-12/h4-6,10H,7-9H2,1-3H3,(H,17,18). The van der Waals surface area contributed by atoms with E-state index in [1.165, 1.54) is 5.56 Å². The van der Waals surface area contributed by atoms with Gasteiger partial charge in [0.25, 0.3) is 0 Å². The summed E-state index contributed by atoms with van der Waals surface area (Å²) in [5.41, 5.74) is 2.32. The predicted molar refractivity (Wildman–Crippen MR) is 76.6 cm³/mol. The van der Waals surface area contributed by atoms with Crippen molar-refractivity contribution in [3.05, 3.63) is 33.8 Å². The molecule has 100 valence electrons. The van der Waals surface area contributed by atoms with Gasteiger partial charge in [0.05, 0.1) is 6.54 Å². The third-order valence-electron chi connectivity index (χ3n) is 2.62. The summed E-state index contributed by atoms with van der Waals surface area (Å²) in [4.78, 5) is 12.8. The summed E-state index contributed by atoms with van der Waals surface area (Å²) in [7, 11) is 0. The zero-order chi connectivity index (χ0) is 13.7. The molecule has 0 aromatic heterocycles. The Morgan fingerprint density at radius 2 is 2.11 bits per heavy atom. The number of hydrogen-bond donors (Lipinski definition) is 1. The Morgan fingerprint density at radius 1 is 1.44 bits per heavy atom. The molecular formula is C14H20BrNO2. The molecule has 0 aliphatic carbocycles. The fourth-order valence-electron chi connectivity index (χ4n) is 1.89. The Kier molecular flexibility index (Phi) is 5.82. The van der Waals surface area contributed by atoms with Crippen molar-refractivity contribution in [1.82, 2.24) is 4.90 Å². The van der Waals surface area contributed by atoms with E-state index in [-0.39, 0.29) is 6.54 Å². The number of aliphatic carboxylic acids is 1. The van der Waals surface area contributed by atoms with Crippen LogP contribution in [0, 0.1) is 12.8 Å². The minimum absolute atomic E-state index is 0.0870. The highest BCUT2D eigenvalue weighted by Crippen LogP contribution is 2.18. The third kappa shape index (κ3) is 5.19. The van der Waals surface area contributed by atoms with Crippen LogP contribution < -0.4 is 0 Å². The summed E-state index contributed by atoms with van der Waals surface area (Å²) in [6, 6.07) is 6.16. The molecule has 0 fully saturated rings. The molecule has 0 atom stereocenters. The van der Waals surface area contributed by atoms with Gasteiger partial charge in [-0.3, -0.25) is 9.69 Å². The molecule has 1 rings (SSSR count). The van der Waals surface area contributed by atoms with Gasteiger partial charge in [-0.25, -0.2) is 0 Å². The van der Waals surface area contributed by atoms with E-state index in [1.54, 1.807) is 0 Å². The average Bonchev–Trinajstić information content (AvgIpc) is 2.21. The van der Waals surface area contributed by atoms with Crippen LogP contribution in [0.1, 0.15) is 25.0 Å². The minimum Gasteiger partial charge on any atom is -0.480 e. The Labute approximate surface area is 117 Å². The molecule has 0 amide bonds. The maximum atomic E-state index is 10.9. The van der Waals surface area contributed by atoms with Crippen molar-refractivity contribution in [3.8, 4) is 0 Å². The molecule has 0 spiro atoms. The molecular weight excluding hydrogens is 294 g/mol. The zero-order valence-electron chi connectivity index (χ0n) is 11.1. The van der Waals surface area contributed by atoms with Crippen LogP contribution in [-0.4, -0.2) is 29.1 Å². The van der Waals surface area contributed by atoms with Gasteiger partial charge in [-0.05, 0) is 30.0 Å². The Morgan fingerprint density at radius 3 is 2.61 bits per heavy atom. The summed E-state index contributed by atoms with van der Waals surface area (Å²) in [6.07, 6.45) is 0. The number of nitrogens with zero attached hydrogens (tertiary/aromatic N) is 1. The van der Waals surface area contributed by atoms with E-state index in [0.29, 0.717) is 12.5 Å². The van der Waals surface area contributed by atoms with Crippen LogP contribution in [0.5, 0.6) is 0 Å². The number of rotatable bonds is 6. The number of benzene rings is 1. The number of carboxylic acid groups (broad SMARTS) is 1. The number of hydrogen-bond acceptors (Lipinski definition) is 2. The zero-order valence-corrected chi connectivity index (χ0v) is 12.7. The highest BCUT2D eigenvalue weighted by Gasteiger charge is 2.12. The first-order valence-corrected chi connectivity index (χ1v) is 6.87. The number of aryl methyl sites for hydroxylation is 1. The van der Waals surface area contributed by atoms with E-state index in [9.17, 15) is 4.79 Å². The predicted octanol–water partition coefficient (Wildman–Crippen LogP) is 3.30. The van der Waals surface area contributed by atoms with E-state index >= 15 is 0 Å². The molecule has 0 aliphatic heterocycles. The first-order valence-electron chi connectivity index (χ1n) is 6.07. The van der Waals surface area contributed by atoms with Gasteiger partial charge in [0.2, 0.25) is 0 Å². The molecule has 1 aromatic carbocycles. The molecule has 0 radical (unpaired) electrons.